The van der Waals surface area contributed by atoms with E-state index in [1.54, 1.807) is 24.3 Å². The minimum atomic E-state index is -0.386. The zero-order valence-corrected chi connectivity index (χ0v) is 16.5. The molecule has 0 bridgehead atoms. The molecule has 2 aromatic carbocycles. The third kappa shape index (κ3) is 8.23. The second-order valence-corrected chi connectivity index (χ2v) is 7.28. The summed E-state index contributed by atoms with van der Waals surface area (Å²) in [5.41, 5.74) is 1.11. The Bertz CT molecular complexity index is 801. The first-order valence-corrected chi connectivity index (χ1v) is 9.82. The number of halogens is 2. The van der Waals surface area contributed by atoms with Gasteiger partial charge in [-0.3, -0.25) is 14.4 Å². The van der Waals surface area contributed by atoms with Gasteiger partial charge in [0.05, 0.1) is 18.1 Å². The molecule has 0 saturated heterocycles. The molecule has 0 aliphatic carbocycles. The summed E-state index contributed by atoms with van der Waals surface area (Å²) in [5.74, 6) is -1.26. The van der Waals surface area contributed by atoms with Crippen molar-refractivity contribution in [2.45, 2.75) is 0 Å². The molecule has 6 nitrogen and oxygen atoms in total. The van der Waals surface area contributed by atoms with E-state index in [2.05, 4.69) is 31.9 Å². The van der Waals surface area contributed by atoms with Gasteiger partial charge in [-0.25, -0.2) is 4.39 Å². The second kappa shape index (κ2) is 10.7. The largest absolute Gasteiger partial charge is 0.346 e. The first kappa shape index (κ1) is 20.9. The van der Waals surface area contributed by atoms with Gasteiger partial charge < -0.3 is 16.0 Å². The van der Waals surface area contributed by atoms with E-state index in [4.69, 9.17) is 0 Å². The van der Waals surface area contributed by atoms with Crippen molar-refractivity contribution >= 4 is 56.8 Å². The first-order chi connectivity index (χ1) is 12.9. The Kier molecular flexibility index (Phi) is 8.28. The van der Waals surface area contributed by atoms with Gasteiger partial charge in [-0.1, -0.05) is 15.9 Å². The number of anilines is 2. The van der Waals surface area contributed by atoms with Crippen molar-refractivity contribution in [2.75, 3.05) is 28.7 Å². The van der Waals surface area contributed by atoms with Gasteiger partial charge in [0.2, 0.25) is 17.7 Å². The molecule has 2 aromatic rings. The minimum absolute atomic E-state index is 0.0440. The molecule has 0 unspecified atom stereocenters. The molecule has 0 saturated carbocycles. The Balaban J connectivity index is 1.61. The minimum Gasteiger partial charge on any atom is -0.346 e. The van der Waals surface area contributed by atoms with Crippen LogP contribution in [-0.4, -0.2) is 35.8 Å². The molecule has 0 fully saturated rings. The van der Waals surface area contributed by atoms with Crippen LogP contribution in [0.2, 0.25) is 0 Å². The van der Waals surface area contributed by atoms with Crippen LogP contribution >= 0.6 is 27.7 Å². The number of rotatable bonds is 8. The molecule has 0 aliphatic heterocycles. The molecule has 0 heterocycles. The van der Waals surface area contributed by atoms with Crippen LogP contribution in [0.3, 0.4) is 0 Å². The van der Waals surface area contributed by atoms with E-state index in [1.807, 2.05) is 0 Å². The lowest BCUT2D eigenvalue weighted by atomic mass is 10.3. The van der Waals surface area contributed by atoms with E-state index in [9.17, 15) is 18.8 Å². The highest BCUT2D eigenvalue weighted by atomic mass is 79.9. The highest BCUT2D eigenvalue weighted by molar-refractivity contribution is 9.10. The normalized spacial score (nSPS) is 10.1. The number of nitrogens with one attached hydrogen (secondary N) is 3. The smallest absolute Gasteiger partial charge is 0.243 e. The first-order valence-electron chi connectivity index (χ1n) is 7.87. The van der Waals surface area contributed by atoms with Gasteiger partial charge in [0.25, 0.3) is 0 Å². The zero-order valence-electron chi connectivity index (χ0n) is 14.1. The van der Waals surface area contributed by atoms with E-state index in [0.29, 0.717) is 11.4 Å². The quantitative estimate of drug-likeness (QED) is 0.573. The fourth-order valence-corrected chi connectivity index (χ4v) is 2.85. The summed E-state index contributed by atoms with van der Waals surface area (Å²) < 4.78 is 13.7. The molecule has 3 N–H and O–H groups in total. The van der Waals surface area contributed by atoms with Crippen molar-refractivity contribution in [1.29, 1.82) is 0 Å². The lowest BCUT2D eigenvalue weighted by molar-refractivity contribution is -0.122. The molecule has 0 aliphatic rings. The van der Waals surface area contributed by atoms with Crippen LogP contribution < -0.4 is 16.0 Å². The van der Waals surface area contributed by atoms with Crippen molar-refractivity contribution in [3.63, 3.8) is 0 Å². The molecule has 2 rings (SSSR count). The van der Waals surface area contributed by atoms with Crippen LogP contribution in [0.5, 0.6) is 0 Å². The van der Waals surface area contributed by atoms with Crippen LogP contribution in [0.1, 0.15) is 0 Å². The summed E-state index contributed by atoms with van der Waals surface area (Å²) in [7, 11) is 0. The van der Waals surface area contributed by atoms with Crippen LogP contribution in [0, 0.1) is 5.82 Å². The highest BCUT2D eigenvalue weighted by Gasteiger charge is 2.08. The molecule has 0 atom stereocenters. The summed E-state index contributed by atoms with van der Waals surface area (Å²) >= 11 is 4.42. The maximum atomic E-state index is 12.8. The number of hydrogen-bond acceptors (Lipinski definition) is 4. The summed E-state index contributed by atoms with van der Waals surface area (Å²) in [4.78, 5) is 35.3. The molecule has 0 aromatic heterocycles. The molecule has 3 amide bonds. The van der Waals surface area contributed by atoms with Crippen molar-refractivity contribution in [2.24, 2.45) is 0 Å². The van der Waals surface area contributed by atoms with E-state index in [1.165, 1.54) is 24.3 Å². The Morgan fingerprint density at radius 3 is 1.96 bits per heavy atom. The maximum Gasteiger partial charge on any atom is 0.243 e. The predicted octanol–water partition coefficient (Wildman–Crippen LogP) is 3.01. The highest BCUT2D eigenvalue weighted by Crippen LogP contribution is 2.13. The van der Waals surface area contributed by atoms with Gasteiger partial charge >= 0.3 is 0 Å². The van der Waals surface area contributed by atoms with E-state index in [-0.39, 0.29) is 41.6 Å². The SMILES string of the molecule is O=C(CSCC(=O)Nc1ccc(F)cc1)NCC(=O)Nc1ccc(Br)cc1. The summed E-state index contributed by atoms with van der Waals surface area (Å²) in [6.45, 7) is -0.156. The summed E-state index contributed by atoms with van der Waals surface area (Å²) in [5, 5.41) is 7.75. The van der Waals surface area contributed by atoms with Crippen LogP contribution in [-0.2, 0) is 14.4 Å². The van der Waals surface area contributed by atoms with Gasteiger partial charge in [0, 0.05) is 15.8 Å². The van der Waals surface area contributed by atoms with Crippen molar-refractivity contribution in [3.05, 3.63) is 58.8 Å². The topological polar surface area (TPSA) is 87.3 Å². The third-order valence-electron chi connectivity index (χ3n) is 3.17. The Labute approximate surface area is 168 Å². The average Bonchev–Trinajstić information content (AvgIpc) is 2.64. The Morgan fingerprint density at radius 2 is 1.33 bits per heavy atom. The Morgan fingerprint density at radius 1 is 0.815 bits per heavy atom. The van der Waals surface area contributed by atoms with E-state index >= 15 is 0 Å². The maximum absolute atomic E-state index is 12.8. The fraction of sp³-hybridized carbons (Fsp3) is 0.167. The number of thioether (sulfide) groups is 1. The van der Waals surface area contributed by atoms with E-state index < -0.39 is 0 Å². The molecule has 142 valence electrons. The molecular formula is C18H17BrFN3O3S. The van der Waals surface area contributed by atoms with Gasteiger partial charge in [-0.15, -0.1) is 11.8 Å². The standard InChI is InChI=1S/C18H17BrFN3O3S/c19-12-1-5-14(6-2-12)22-16(24)9-21-17(25)10-27-11-18(26)23-15-7-3-13(20)4-8-15/h1-8H,9-11H2,(H,21,25)(H,22,24)(H,23,26). The van der Waals surface area contributed by atoms with Crippen LogP contribution in [0.15, 0.2) is 53.0 Å². The summed E-state index contributed by atoms with van der Waals surface area (Å²) in [6.07, 6.45) is 0. The number of amides is 3. The van der Waals surface area contributed by atoms with Crippen LogP contribution in [0.4, 0.5) is 15.8 Å². The lowest BCUT2D eigenvalue weighted by Crippen LogP contribution is -2.34. The molecular weight excluding hydrogens is 437 g/mol. The van der Waals surface area contributed by atoms with Gasteiger partial charge in [0.1, 0.15) is 5.82 Å². The molecule has 0 spiro atoms. The number of hydrogen-bond donors (Lipinski definition) is 3. The second-order valence-electron chi connectivity index (χ2n) is 5.38. The fourth-order valence-electron chi connectivity index (χ4n) is 1.94. The predicted molar refractivity (Wildman–Crippen MR) is 108 cm³/mol. The van der Waals surface area contributed by atoms with Gasteiger partial charge in [-0.05, 0) is 48.5 Å². The molecule has 27 heavy (non-hydrogen) atoms. The zero-order chi connectivity index (χ0) is 19.6. The van der Waals surface area contributed by atoms with Gasteiger partial charge in [0.15, 0.2) is 0 Å². The number of benzene rings is 2. The lowest BCUT2D eigenvalue weighted by Gasteiger charge is -2.07. The average molecular weight is 454 g/mol. The van der Waals surface area contributed by atoms with Crippen molar-refractivity contribution in [1.82, 2.24) is 5.32 Å². The Hall–Kier alpha value is -2.39. The molecule has 9 heteroatoms. The van der Waals surface area contributed by atoms with E-state index in [0.717, 1.165) is 16.2 Å². The third-order valence-corrected chi connectivity index (χ3v) is 4.63. The molecule has 0 radical (unpaired) electrons. The van der Waals surface area contributed by atoms with Gasteiger partial charge in [-0.2, -0.15) is 0 Å². The number of carbonyl (C=O) groups excluding carboxylic acids is 3. The van der Waals surface area contributed by atoms with Crippen LogP contribution in [0.25, 0.3) is 0 Å². The number of carbonyl (C=O) groups is 3. The van der Waals surface area contributed by atoms with Crippen molar-refractivity contribution in [3.8, 4) is 0 Å². The summed E-state index contributed by atoms with van der Waals surface area (Å²) in [6, 6.07) is 12.5. The van der Waals surface area contributed by atoms with Crippen molar-refractivity contribution < 1.29 is 18.8 Å². The monoisotopic (exact) mass is 453 g/mol.